The Morgan fingerprint density at radius 3 is 2.22 bits per heavy atom. The first-order valence-corrected chi connectivity index (χ1v) is 16.6. The van der Waals surface area contributed by atoms with E-state index in [-0.39, 0.29) is 31.1 Å². The van der Waals surface area contributed by atoms with Gasteiger partial charge in [0.1, 0.15) is 0 Å². The Balaban J connectivity index is 1.19. The van der Waals surface area contributed by atoms with Crippen LogP contribution in [0.5, 0.6) is 0 Å². The van der Waals surface area contributed by atoms with Crippen LogP contribution < -0.4 is 10.8 Å². The maximum Gasteiger partial charge on any atom is 0.243 e. The molecule has 2 fully saturated rings. The third-order valence-electron chi connectivity index (χ3n) is 8.89. The van der Waals surface area contributed by atoms with E-state index in [1.165, 1.54) is 19.3 Å². The lowest BCUT2D eigenvalue weighted by atomic mass is 9.98. The van der Waals surface area contributed by atoms with E-state index in [1.54, 1.807) is 5.48 Å². The van der Waals surface area contributed by atoms with Gasteiger partial charge in [-0.25, -0.2) is 5.48 Å². The Kier molecular flexibility index (Phi) is 12.7. The summed E-state index contributed by atoms with van der Waals surface area (Å²) < 4.78 is 13.1. The predicted molar refractivity (Wildman–Crippen MR) is 175 cm³/mol. The molecule has 0 bridgehead atoms. The number of piperidine rings is 1. The second-order valence-electron chi connectivity index (χ2n) is 12.4. The Morgan fingerprint density at radius 2 is 1.50 bits per heavy atom. The van der Waals surface area contributed by atoms with Gasteiger partial charge in [0.2, 0.25) is 11.8 Å². The van der Waals surface area contributed by atoms with Crippen molar-refractivity contribution in [2.24, 2.45) is 0 Å². The summed E-state index contributed by atoms with van der Waals surface area (Å²) in [6.45, 7) is 3.60. The molecule has 0 unspecified atom stereocenters. The largest absolute Gasteiger partial charge is 0.392 e. The first kappa shape index (κ1) is 33.8. The quantitative estimate of drug-likeness (QED) is 0.0989. The van der Waals surface area contributed by atoms with E-state index in [4.69, 9.17) is 14.7 Å². The summed E-state index contributed by atoms with van der Waals surface area (Å²) in [4.78, 5) is 25.9. The molecule has 0 aliphatic carbocycles. The molecule has 9 nitrogen and oxygen atoms in total. The zero-order chi connectivity index (χ0) is 32.1. The molecule has 0 radical (unpaired) electrons. The number of hydrogen-bond donors (Lipinski definition) is 4. The van der Waals surface area contributed by atoms with Crippen LogP contribution in [0.1, 0.15) is 92.4 Å². The molecule has 0 saturated carbocycles. The SMILES string of the molecule is O=C(CCCCCC(=O)NCc1cccc(-c2ccc([C@H]3O[C@@H](CN4CCCCC4)C[C@@H](c4ccc(CO)cc4)O3)cc2)c1)NO. The number of aliphatic hydroxyl groups excluding tert-OH is 1. The maximum atomic E-state index is 12.3. The van der Waals surface area contributed by atoms with Crippen molar-refractivity contribution in [2.75, 3.05) is 19.6 Å². The minimum absolute atomic E-state index is 0.0184. The number of hydroxylamine groups is 1. The normalized spacial score (nSPS) is 20.3. The molecule has 0 aromatic heterocycles. The van der Waals surface area contributed by atoms with Crippen LogP contribution in [0.3, 0.4) is 0 Å². The highest BCUT2D eigenvalue weighted by molar-refractivity contribution is 5.76. The molecule has 3 aromatic rings. The van der Waals surface area contributed by atoms with Gasteiger partial charge in [0.15, 0.2) is 6.29 Å². The number of aliphatic hydroxyl groups is 1. The van der Waals surface area contributed by atoms with E-state index in [2.05, 4.69) is 58.7 Å². The molecule has 2 saturated heterocycles. The molecule has 5 rings (SSSR count). The molecule has 246 valence electrons. The second kappa shape index (κ2) is 17.4. The van der Waals surface area contributed by atoms with Gasteiger partial charge in [0, 0.05) is 37.9 Å². The number of unbranched alkanes of at least 4 members (excludes halogenated alkanes) is 2. The maximum absolute atomic E-state index is 12.3. The van der Waals surface area contributed by atoms with E-state index in [1.807, 2.05) is 24.3 Å². The average molecular weight is 630 g/mol. The number of amides is 2. The Labute approximate surface area is 271 Å². The summed E-state index contributed by atoms with van der Waals surface area (Å²) in [5.41, 5.74) is 7.74. The van der Waals surface area contributed by atoms with Crippen LogP contribution in [-0.4, -0.2) is 52.8 Å². The molecule has 2 heterocycles. The van der Waals surface area contributed by atoms with Crippen LogP contribution in [0.4, 0.5) is 0 Å². The van der Waals surface area contributed by atoms with Crippen molar-refractivity contribution >= 4 is 11.8 Å². The molecular formula is C37H47N3O6. The molecule has 2 aliphatic heterocycles. The topological polar surface area (TPSA) is 120 Å². The molecule has 9 heteroatoms. The molecule has 0 spiro atoms. The highest BCUT2D eigenvalue weighted by Gasteiger charge is 2.33. The van der Waals surface area contributed by atoms with E-state index >= 15 is 0 Å². The molecular weight excluding hydrogens is 582 g/mol. The summed E-state index contributed by atoms with van der Waals surface area (Å²) in [6.07, 6.45) is 6.79. The van der Waals surface area contributed by atoms with E-state index in [0.29, 0.717) is 25.8 Å². The summed E-state index contributed by atoms with van der Waals surface area (Å²) in [6, 6.07) is 24.5. The third kappa shape index (κ3) is 9.95. The average Bonchev–Trinajstić information content (AvgIpc) is 3.11. The Bertz CT molecular complexity index is 1390. The van der Waals surface area contributed by atoms with E-state index < -0.39 is 12.2 Å². The van der Waals surface area contributed by atoms with Crippen molar-refractivity contribution in [1.29, 1.82) is 0 Å². The predicted octanol–water partition coefficient (Wildman–Crippen LogP) is 5.95. The van der Waals surface area contributed by atoms with Crippen molar-refractivity contribution in [3.63, 3.8) is 0 Å². The fourth-order valence-electron chi connectivity index (χ4n) is 6.25. The lowest BCUT2D eigenvalue weighted by molar-refractivity contribution is -0.253. The van der Waals surface area contributed by atoms with Crippen molar-refractivity contribution in [1.82, 2.24) is 15.7 Å². The molecule has 2 amide bonds. The van der Waals surface area contributed by atoms with Crippen molar-refractivity contribution in [2.45, 2.75) is 89.4 Å². The third-order valence-corrected chi connectivity index (χ3v) is 8.89. The van der Waals surface area contributed by atoms with Gasteiger partial charge in [-0.15, -0.1) is 0 Å². The van der Waals surface area contributed by atoms with Crippen molar-refractivity contribution < 1.29 is 29.4 Å². The van der Waals surface area contributed by atoms with Gasteiger partial charge in [-0.05, 0) is 72.7 Å². The number of carbonyl (C=O) groups excluding carboxylic acids is 2. The second-order valence-corrected chi connectivity index (χ2v) is 12.4. The number of ether oxygens (including phenoxy) is 2. The fraction of sp³-hybridized carbons (Fsp3) is 0.459. The monoisotopic (exact) mass is 629 g/mol. The number of carbonyl (C=O) groups is 2. The van der Waals surface area contributed by atoms with E-state index in [9.17, 15) is 14.7 Å². The number of nitrogens with one attached hydrogen (secondary N) is 2. The number of likely N-dealkylation sites (tertiary alicyclic amines) is 1. The minimum Gasteiger partial charge on any atom is -0.392 e. The summed E-state index contributed by atoms with van der Waals surface area (Å²) in [5, 5.41) is 21.0. The molecule has 3 atom stereocenters. The Morgan fingerprint density at radius 1 is 0.783 bits per heavy atom. The standard InChI is InChI=1S/C37H47N3O6/c41-26-27-12-14-30(15-13-27)34-23-33(25-40-20-5-2-6-21-40)45-37(46-34)31-18-16-29(17-19-31)32-9-7-8-28(22-32)24-38-35(42)10-3-1-4-11-36(43)39-44/h7-9,12-19,22,33-34,37,41,44H,1-6,10-11,20-21,23-26H2,(H,38,42)(H,39,43)/t33-,34+,37+/m1/s1. The number of benzene rings is 3. The number of hydrogen-bond acceptors (Lipinski definition) is 7. The smallest absolute Gasteiger partial charge is 0.243 e. The van der Waals surface area contributed by atoms with Crippen LogP contribution in [0.2, 0.25) is 0 Å². The van der Waals surface area contributed by atoms with Crippen LogP contribution >= 0.6 is 0 Å². The first-order chi connectivity index (χ1) is 22.5. The molecule has 3 aromatic carbocycles. The Hall–Kier alpha value is -3.60. The molecule has 4 N–H and O–H groups in total. The zero-order valence-corrected chi connectivity index (χ0v) is 26.5. The molecule has 2 aliphatic rings. The lowest BCUT2D eigenvalue weighted by Crippen LogP contribution is -2.41. The fourth-order valence-corrected chi connectivity index (χ4v) is 6.25. The van der Waals surface area contributed by atoms with Gasteiger partial charge in [0.25, 0.3) is 0 Å². The number of nitrogens with zero attached hydrogens (tertiary/aromatic N) is 1. The van der Waals surface area contributed by atoms with Crippen LogP contribution in [0.25, 0.3) is 11.1 Å². The van der Waals surface area contributed by atoms with Crippen LogP contribution in [0, 0.1) is 0 Å². The molecule has 46 heavy (non-hydrogen) atoms. The van der Waals surface area contributed by atoms with Gasteiger partial charge >= 0.3 is 0 Å². The van der Waals surface area contributed by atoms with Gasteiger partial charge in [-0.2, -0.15) is 0 Å². The van der Waals surface area contributed by atoms with Crippen molar-refractivity contribution in [3.8, 4) is 11.1 Å². The minimum atomic E-state index is -0.478. The van der Waals surface area contributed by atoms with Crippen LogP contribution in [-0.2, 0) is 32.2 Å². The summed E-state index contributed by atoms with van der Waals surface area (Å²) in [5.74, 6) is -0.420. The van der Waals surface area contributed by atoms with Crippen LogP contribution in [0.15, 0.2) is 72.8 Å². The first-order valence-electron chi connectivity index (χ1n) is 16.6. The van der Waals surface area contributed by atoms with Gasteiger partial charge in [0.05, 0.1) is 18.8 Å². The highest BCUT2D eigenvalue weighted by atomic mass is 16.7. The van der Waals surface area contributed by atoms with Gasteiger partial charge in [-0.1, -0.05) is 79.6 Å². The van der Waals surface area contributed by atoms with Gasteiger partial charge in [-0.3, -0.25) is 14.8 Å². The summed E-state index contributed by atoms with van der Waals surface area (Å²) >= 11 is 0. The highest BCUT2D eigenvalue weighted by Crippen LogP contribution is 2.39. The van der Waals surface area contributed by atoms with Gasteiger partial charge < -0.3 is 24.8 Å². The lowest BCUT2D eigenvalue weighted by Gasteiger charge is -2.39. The zero-order valence-electron chi connectivity index (χ0n) is 26.5. The summed E-state index contributed by atoms with van der Waals surface area (Å²) in [7, 11) is 0. The van der Waals surface area contributed by atoms with Crippen molar-refractivity contribution in [3.05, 3.63) is 95.1 Å². The number of rotatable bonds is 14. The van der Waals surface area contributed by atoms with E-state index in [0.717, 1.165) is 65.9 Å².